The molecule has 2 aromatic heterocycles. The molecule has 0 unspecified atom stereocenters. The Labute approximate surface area is 111 Å². The van der Waals surface area contributed by atoms with E-state index in [4.69, 9.17) is 5.73 Å². The second kappa shape index (κ2) is 5.00. The van der Waals surface area contributed by atoms with Crippen LogP contribution < -0.4 is 11.4 Å². The van der Waals surface area contributed by atoms with Crippen LogP contribution >= 0.6 is 11.8 Å². The van der Waals surface area contributed by atoms with Gasteiger partial charge in [-0.05, 0) is 25.6 Å². The summed E-state index contributed by atoms with van der Waals surface area (Å²) in [7, 11) is 0. The van der Waals surface area contributed by atoms with E-state index in [2.05, 4.69) is 15.2 Å². The van der Waals surface area contributed by atoms with Crippen molar-refractivity contribution in [3.8, 4) is 0 Å². The number of nitrogens with two attached hydrogens (primary N) is 1. The first-order valence-corrected chi connectivity index (χ1v) is 6.18. The number of aromatic nitrogens is 4. The number of anilines is 1. The first-order valence-electron chi connectivity index (χ1n) is 5.36. The van der Waals surface area contributed by atoms with Crippen LogP contribution in [-0.4, -0.2) is 19.7 Å². The molecule has 0 saturated heterocycles. The number of hydrogen-bond acceptors (Lipinski definition) is 5. The Bertz CT molecular complexity index is 666. The van der Waals surface area contributed by atoms with Crippen LogP contribution in [0, 0.1) is 11.6 Å². The Balaban J connectivity index is 2.42. The minimum atomic E-state index is -0.926. The maximum Gasteiger partial charge on any atom is 0.344 e. The van der Waals surface area contributed by atoms with Gasteiger partial charge in [0, 0.05) is 12.1 Å². The van der Waals surface area contributed by atoms with Crippen LogP contribution in [0.2, 0.25) is 0 Å². The van der Waals surface area contributed by atoms with E-state index in [9.17, 15) is 13.6 Å². The quantitative estimate of drug-likeness (QED) is 0.894. The van der Waals surface area contributed by atoms with E-state index in [-0.39, 0.29) is 16.2 Å². The Morgan fingerprint density at radius 1 is 1.42 bits per heavy atom. The lowest BCUT2D eigenvalue weighted by atomic mass is 10.4. The Morgan fingerprint density at radius 2 is 2.11 bits per heavy atom. The van der Waals surface area contributed by atoms with Gasteiger partial charge >= 0.3 is 5.69 Å². The van der Waals surface area contributed by atoms with Crippen molar-refractivity contribution in [2.75, 3.05) is 5.73 Å². The van der Waals surface area contributed by atoms with Gasteiger partial charge in [-0.1, -0.05) is 0 Å². The number of H-pyrrole nitrogens is 1. The zero-order valence-corrected chi connectivity index (χ0v) is 11.0. The van der Waals surface area contributed by atoms with Crippen molar-refractivity contribution < 1.29 is 8.78 Å². The van der Waals surface area contributed by atoms with Crippen LogP contribution in [0.3, 0.4) is 0 Å². The Hall–Kier alpha value is -1.90. The van der Waals surface area contributed by atoms with E-state index in [1.807, 2.05) is 0 Å². The molecular formula is C10H11F2N5OS. The summed E-state index contributed by atoms with van der Waals surface area (Å²) in [6.07, 6.45) is 0. The number of rotatable bonds is 3. The van der Waals surface area contributed by atoms with Crippen molar-refractivity contribution in [2.24, 2.45) is 0 Å². The zero-order chi connectivity index (χ0) is 14.2. The minimum absolute atomic E-state index is 0.139. The van der Waals surface area contributed by atoms with Gasteiger partial charge in [-0.15, -0.1) is 5.10 Å². The standard InChI is InChI=1S/C10H11F2N5OS/c1-4(2)17-9(18)15-16-10(17)19-8-6(12)3-5(11)7(13)14-8/h3-4H,1-2H3,(H2,13,14)(H,15,18). The lowest BCUT2D eigenvalue weighted by Crippen LogP contribution is -2.19. The summed E-state index contributed by atoms with van der Waals surface area (Å²) < 4.78 is 27.9. The highest BCUT2D eigenvalue weighted by Crippen LogP contribution is 2.28. The first kappa shape index (κ1) is 13.5. The molecular weight excluding hydrogens is 276 g/mol. The van der Waals surface area contributed by atoms with Gasteiger partial charge < -0.3 is 5.73 Å². The molecule has 0 bridgehead atoms. The second-order valence-corrected chi connectivity index (χ2v) is 4.98. The first-order chi connectivity index (χ1) is 8.90. The second-order valence-electron chi connectivity index (χ2n) is 4.02. The number of halogens is 2. The van der Waals surface area contributed by atoms with Crippen LogP contribution in [0.25, 0.3) is 0 Å². The molecule has 0 fully saturated rings. The fourth-order valence-corrected chi connectivity index (χ4v) is 2.40. The van der Waals surface area contributed by atoms with Crippen molar-refractivity contribution in [3.05, 3.63) is 28.2 Å². The topological polar surface area (TPSA) is 89.6 Å². The smallest absolute Gasteiger partial charge is 0.344 e. The van der Waals surface area contributed by atoms with Gasteiger partial charge in [-0.2, -0.15) is 0 Å². The van der Waals surface area contributed by atoms with E-state index < -0.39 is 23.1 Å². The third-order valence-electron chi connectivity index (χ3n) is 2.30. The summed E-state index contributed by atoms with van der Waals surface area (Å²) in [5.41, 5.74) is 4.87. The molecule has 6 nitrogen and oxygen atoms in total. The van der Waals surface area contributed by atoms with Crippen molar-refractivity contribution in [1.29, 1.82) is 0 Å². The number of hydrogen-bond donors (Lipinski definition) is 2. The minimum Gasteiger partial charge on any atom is -0.381 e. The van der Waals surface area contributed by atoms with Crippen LogP contribution in [-0.2, 0) is 0 Å². The highest BCUT2D eigenvalue weighted by molar-refractivity contribution is 7.99. The summed E-state index contributed by atoms with van der Waals surface area (Å²) >= 11 is 0.801. The number of aromatic amines is 1. The molecule has 3 N–H and O–H groups in total. The average Bonchev–Trinajstić information content (AvgIpc) is 2.67. The molecule has 0 saturated carbocycles. The molecule has 0 aliphatic carbocycles. The molecule has 2 aromatic rings. The van der Waals surface area contributed by atoms with E-state index in [1.54, 1.807) is 13.8 Å². The van der Waals surface area contributed by atoms with Gasteiger partial charge in [0.1, 0.15) is 5.03 Å². The maximum absolute atomic E-state index is 13.6. The number of nitrogens with zero attached hydrogens (tertiary/aromatic N) is 3. The van der Waals surface area contributed by atoms with Gasteiger partial charge in [0.05, 0.1) is 0 Å². The van der Waals surface area contributed by atoms with Crippen molar-refractivity contribution in [2.45, 2.75) is 30.1 Å². The van der Waals surface area contributed by atoms with Crippen molar-refractivity contribution in [1.82, 2.24) is 19.7 Å². The highest BCUT2D eigenvalue weighted by atomic mass is 32.2. The zero-order valence-electron chi connectivity index (χ0n) is 10.1. The molecule has 0 aliphatic heterocycles. The predicted octanol–water partition coefficient (Wildman–Crippen LogP) is 1.56. The van der Waals surface area contributed by atoms with Crippen LogP contribution in [0.4, 0.5) is 14.6 Å². The molecule has 0 amide bonds. The molecule has 0 aliphatic rings. The predicted molar refractivity (Wildman–Crippen MR) is 65.9 cm³/mol. The Morgan fingerprint density at radius 3 is 2.74 bits per heavy atom. The van der Waals surface area contributed by atoms with Crippen LogP contribution in [0.15, 0.2) is 21.0 Å². The monoisotopic (exact) mass is 287 g/mol. The SMILES string of the molecule is CC(C)n1c(Sc2nc(N)c(F)cc2F)n[nH]c1=O. The molecule has 0 spiro atoms. The fourth-order valence-electron chi connectivity index (χ4n) is 1.44. The molecule has 2 heterocycles. The third-order valence-corrected chi connectivity index (χ3v) is 3.25. The molecule has 2 rings (SSSR count). The van der Waals surface area contributed by atoms with Crippen LogP contribution in [0.5, 0.6) is 0 Å². The Kier molecular flexibility index (Phi) is 3.56. The molecule has 0 aromatic carbocycles. The molecule has 9 heteroatoms. The molecule has 19 heavy (non-hydrogen) atoms. The fraction of sp³-hybridized carbons (Fsp3) is 0.300. The maximum atomic E-state index is 13.6. The van der Waals surface area contributed by atoms with Gasteiger partial charge in [0.2, 0.25) is 0 Å². The van der Waals surface area contributed by atoms with E-state index >= 15 is 0 Å². The van der Waals surface area contributed by atoms with Gasteiger partial charge in [-0.25, -0.2) is 23.7 Å². The molecule has 102 valence electrons. The summed E-state index contributed by atoms with van der Waals surface area (Å²) in [5.74, 6) is -2.19. The summed E-state index contributed by atoms with van der Waals surface area (Å²) in [6, 6.07) is 0.490. The van der Waals surface area contributed by atoms with Crippen molar-refractivity contribution in [3.63, 3.8) is 0 Å². The van der Waals surface area contributed by atoms with Crippen molar-refractivity contribution >= 4 is 17.6 Å². The summed E-state index contributed by atoms with van der Waals surface area (Å²) in [4.78, 5) is 15.1. The molecule has 0 atom stereocenters. The number of nitrogens with one attached hydrogen (secondary N) is 1. The molecule has 0 radical (unpaired) electrons. The summed E-state index contributed by atoms with van der Waals surface area (Å²) in [6.45, 7) is 3.56. The largest absolute Gasteiger partial charge is 0.381 e. The normalized spacial score (nSPS) is 11.2. The van der Waals surface area contributed by atoms with Gasteiger partial charge in [0.25, 0.3) is 0 Å². The number of nitrogen functional groups attached to an aromatic ring is 1. The van der Waals surface area contributed by atoms with Gasteiger partial charge in [0.15, 0.2) is 22.6 Å². The number of pyridine rings is 1. The van der Waals surface area contributed by atoms with Gasteiger partial charge in [-0.3, -0.25) is 4.57 Å². The lowest BCUT2D eigenvalue weighted by molar-refractivity contribution is 0.530. The summed E-state index contributed by atoms with van der Waals surface area (Å²) in [5, 5.41) is 6.13. The lowest BCUT2D eigenvalue weighted by Gasteiger charge is -2.08. The average molecular weight is 287 g/mol. The van der Waals surface area contributed by atoms with E-state index in [1.165, 1.54) is 4.57 Å². The van der Waals surface area contributed by atoms with Crippen LogP contribution in [0.1, 0.15) is 19.9 Å². The van der Waals surface area contributed by atoms with E-state index in [0.717, 1.165) is 11.8 Å². The highest BCUT2D eigenvalue weighted by Gasteiger charge is 2.17. The van der Waals surface area contributed by atoms with E-state index in [0.29, 0.717) is 6.07 Å². The third kappa shape index (κ3) is 2.60.